The summed E-state index contributed by atoms with van der Waals surface area (Å²) in [6.45, 7) is 6.52. The smallest absolute Gasteiger partial charge is 0.319 e. The molecule has 0 spiro atoms. The molecule has 1 rings (SSSR count). The van der Waals surface area contributed by atoms with Gasteiger partial charge in [-0.15, -0.1) is 0 Å². The number of unbranched alkanes of at least 4 members (excludes halogenated alkanes) is 1. The molecule has 4 nitrogen and oxygen atoms in total. The van der Waals surface area contributed by atoms with Crippen molar-refractivity contribution in [3.05, 3.63) is 0 Å². The third-order valence-electron chi connectivity index (χ3n) is 2.83. The van der Waals surface area contributed by atoms with E-state index in [9.17, 15) is 4.79 Å². The van der Waals surface area contributed by atoms with Gasteiger partial charge in [0.2, 0.25) is 0 Å². The summed E-state index contributed by atoms with van der Waals surface area (Å²) in [5.74, 6) is -0.171. The Morgan fingerprint density at radius 3 is 3.00 bits per heavy atom. The van der Waals surface area contributed by atoms with E-state index >= 15 is 0 Å². The number of rotatable bonds is 7. The van der Waals surface area contributed by atoms with E-state index in [-0.39, 0.29) is 18.1 Å². The van der Waals surface area contributed by atoms with E-state index < -0.39 is 0 Å². The molecular weight excluding hydrogens is 206 g/mol. The van der Waals surface area contributed by atoms with Crippen LogP contribution in [0.4, 0.5) is 0 Å². The molecule has 0 saturated carbocycles. The van der Waals surface area contributed by atoms with E-state index in [2.05, 4.69) is 19.2 Å². The van der Waals surface area contributed by atoms with Crippen LogP contribution in [0.3, 0.4) is 0 Å². The Bertz CT molecular complexity index is 212. The van der Waals surface area contributed by atoms with Crippen molar-refractivity contribution in [2.45, 2.75) is 45.1 Å². The molecule has 1 heterocycles. The Labute approximate surface area is 97.7 Å². The molecular formula is C12H23NO3. The van der Waals surface area contributed by atoms with Crippen LogP contribution in [0, 0.1) is 0 Å². The Kier molecular flexibility index (Phi) is 5.77. The monoisotopic (exact) mass is 229 g/mol. The van der Waals surface area contributed by atoms with E-state index in [0.29, 0.717) is 6.61 Å². The molecule has 1 aliphatic rings. The van der Waals surface area contributed by atoms with Crippen molar-refractivity contribution in [1.29, 1.82) is 0 Å². The Morgan fingerprint density at radius 2 is 2.38 bits per heavy atom. The van der Waals surface area contributed by atoms with E-state index in [1.807, 2.05) is 0 Å². The van der Waals surface area contributed by atoms with Gasteiger partial charge in [-0.3, -0.25) is 4.79 Å². The number of esters is 1. The lowest BCUT2D eigenvalue weighted by atomic mass is 10.0. The fourth-order valence-corrected chi connectivity index (χ4v) is 1.79. The third-order valence-corrected chi connectivity index (χ3v) is 2.83. The van der Waals surface area contributed by atoms with Crippen molar-refractivity contribution in [3.63, 3.8) is 0 Å². The molecule has 0 aromatic heterocycles. The lowest BCUT2D eigenvalue weighted by molar-refractivity contribution is -0.142. The normalized spacial score (nSPS) is 24.6. The molecule has 16 heavy (non-hydrogen) atoms. The lowest BCUT2D eigenvalue weighted by Crippen LogP contribution is -2.39. The largest absolute Gasteiger partial charge is 0.465 e. The number of carbonyl (C=O) groups is 1. The predicted molar refractivity (Wildman–Crippen MR) is 62.3 cm³/mol. The number of hydrogen-bond donors (Lipinski definition) is 1. The van der Waals surface area contributed by atoms with Crippen LogP contribution in [0.1, 0.15) is 39.5 Å². The van der Waals surface area contributed by atoms with E-state index in [1.54, 1.807) is 0 Å². The van der Waals surface area contributed by atoms with Gasteiger partial charge in [0.1, 0.15) is 0 Å². The van der Waals surface area contributed by atoms with Gasteiger partial charge in [-0.25, -0.2) is 0 Å². The molecule has 4 heteroatoms. The van der Waals surface area contributed by atoms with Gasteiger partial charge in [0.05, 0.1) is 18.8 Å². The predicted octanol–water partition coefficient (Wildman–Crippen LogP) is 1.49. The Morgan fingerprint density at radius 1 is 1.56 bits per heavy atom. The highest BCUT2D eigenvalue weighted by Gasteiger charge is 2.29. The van der Waals surface area contributed by atoms with Gasteiger partial charge in [0.25, 0.3) is 0 Å². The zero-order chi connectivity index (χ0) is 11.9. The van der Waals surface area contributed by atoms with Crippen LogP contribution < -0.4 is 5.32 Å². The van der Waals surface area contributed by atoms with E-state index in [4.69, 9.17) is 9.47 Å². The summed E-state index contributed by atoms with van der Waals surface area (Å²) >= 11 is 0. The third kappa shape index (κ3) is 4.94. The molecule has 1 unspecified atom stereocenters. The van der Waals surface area contributed by atoms with Crippen LogP contribution in [0.5, 0.6) is 0 Å². The molecule has 0 radical (unpaired) electrons. The maximum atomic E-state index is 11.3. The van der Waals surface area contributed by atoms with Crippen molar-refractivity contribution >= 4 is 5.97 Å². The summed E-state index contributed by atoms with van der Waals surface area (Å²) in [4.78, 5) is 11.3. The molecule has 0 bridgehead atoms. The molecule has 1 fully saturated rings. The first-order valence-electron chi connectivity index (χ1n) is 6.16. The topological polar surface area (TPSA) is 47.6 Å². The van der Waals surface area contributed by atoms with Crippen LogP contribution in [-0.2, 0) is 14.3 Å². The zero-order valence-electron chi connectivity index (χ0n) is 10.4. The number of nitrogens with one attached hydrogen (secondary N) is 1. The maximum absolute atomic E-state index is 11.3. The second-order valence-electron chi connectivity index (χ2n) is 4.58. The van der Waals surface area contributed by atoms with Gasteiger partial charge >= 0.3 is 5.97 Å². The van der Waals surface area contributed by atoms with E-state index in [0.717, 1.165) is 38.8 Å². The van der Waals surface area contributed by atoms with Crippen LogP contribution in [-0.4, -0.2) is 37.9 Å². The van der Waals surface area contributed by atoms with Gasteiger partial charge in [0, 0.05) is 13.2 Å². The molecule has 0 aliphatic carbocycles. The number of hydrogen-bond acceptors (Lipinski definition) is 4. The maximum Gasteiger partial charge on any atom is 0.319 e. The minimum atomic E-state index is -0.171. The van der Waals surface area contributed by atoms with Crippen LogP contribution in [0.15, 0.2) is 0 Å². The van der Waals surface area contributed by atoms with Crippen LogP contribution in [0.2, 0.25) is 0 Å². The fraction of sp³-hybridized carbons (Fsp3) is 0.917. The van der Waals surface area contributed by atoms with Crippen LogP contribution in [0.25, 0.3) is 0 Å². The first-order chi connectivity index (χ1) is 7.66. The zero-order valence-corrected chi connectivity index (χ0v) is 10.4. The second kappa shape index (κ2) is 6.86. The lowest BCUT2D eigenvalue weighted by Gasteiger charge is -2.23. The molecule has 1 aliphatic heterocycles. The van der Waals surface area contributed by atoms with Gasteiger partial charge in [-0.1, -0.05) is 13.3 Å². The van der Waals surface area contributed by atoms with Gasteiger partial charge in [-0.2, -0.15) is 0 Å². The standard InChI is InChI=1S/C12H23NO3/c1-3-4-7-15-11(14)9-13-10-12(2)6-5-8-16-12/h13H,3-10H2,1-2H3. The molecule has 0 aromatic rings. The van der Waals surface area contributed by atoms with Crippen molar-refractivity contribution < 1.29 is 14.3 Å². The molecule has 0 aromatic carbocycles. The average molecular weight is 229 g/mol. The summed E-state index contributed by atoms with van der Waals surface area (Å²) in [5.41, 5.74) is -0.0936. The highest BCUT2D eigenvalue weighted by molar-refractivity contribution is 5.71. The second-order valence-corrected chi connectivity index (χ2v) is 4.58. The van der Waals surface area contributed by atoms with Crippen molar-refractivity contribution in [2.24, 2.45) is 0 Å². The van der Waals surface area contributed by atoms with Gasteiger partial charge < -0.3 is 14.8 Å². The molecule has 0 amide bonds. The highest BCUT2D eigenvalue weighted by atomic mass is 16.5. The fourth-order valence-electron chi connectivity index (χ4n) is 1.79. The Hall–Kier alpha value is -0.610. The average Bonchev–Trinajstić information content (AvgIpc) is 2.66. The highest BCUT2D eigenvalue weighted by Crippen LogP contribution is 2.23. The van der Waals surface area contributed by atoms with E-state index in [1.165, 1.54) is 0 Å². The quantitative estimate of drug-likeness (QED) is 0.531. The van der Waals surface area contributed by atoms with Gasteiger partial charge in [0.15, 0.2) is 0 Å². The first kappa shape index (κ1) is 13.5. The van der Waals surface area contributed by atoms with Crippen molar-refractivity contribution in [2.75, 3.05) is 26.3 Å². The molecule has 94 valence electrons. The minimum Gasteiger partial charge on any atom is -0.465 e. The summed E-state index contributed by atoms with van der Waals surface area (Å²) in [6, 6.07) is 0. The minimum absolute atomic E-state index is 0.0936. The van der Waals surface area contributed by atoms with Gasteiger partial charge in [-0.05, 0) is 26.2 Å². The molecule has 1 saturated heterocycles. The SMILES string of the molecule is CCCCOC(=O)CNCC1(C)CCCO1. The summed E-state index contributed by atoms with van der Waals surface area (Å²) in [7, 11) is 0. The first-order valence-corrected chi connectivity index (χ1v) is 6.16. The van der Waals surface area contributed by atoms with Crippen LogP contribution >= 0.6 is 0 Å². The van der Waals surface area contributed by atoms with Crippen molar-refractivity contribution in [1.82, 2.24) is 5.32 Å². The molecule has 1 N–H and O–H groups in total. The number of carbonyl (C=O) groups excluding carboxylic acids is 1. The molecule has 1 atom stereocenters. The number of ether oxygens (including phenoxy) is 2. The summed E-state index contributed by atoms with van der Waals surface area (Å²) < 4.78 is 10.6. The summed E-state index contributed by atoms with van der Waals surface area (Å²) in [6.07, 6.45) is 4.16. The van der Waals surface area contributed by atoms with Crippen molar-refractivity contribution in [3.8, 4) is 0 Å². The summed E-state index contributed by atoms with van der Waals surface area (Å²) in [5, 5.41) is 3.09. The Balaban J connectivity index is 2.03.